The number of aryl methyl sites for hydroxylation is 1. The SMILES string of the molecule is Cn1c(=O)n(-c2ccc(F)cc2F)c(=O)c2sccc21. The summed E-state index contributed by atoms with van der Waals surface area (Å²) < 4.78 is 29.1. The molecule has 102 valence electrons. The van der Waals surface area contributed by atoms with Crippen molar-refractivity contribution in [2.75, 3.05) is 0 Å². The molecule has 20 heavy (non-hydrogen) atoms. The second-order valence-corrected chi connectivity index (χ2v) is 5.13. The largest absolute Gasteiger partial charge is 0.336 e. The van der Waals surface area contributed by atoms with Crippen LogP contribution in [0.5, 0.6) is 0 Å². The summed E-state index contributed by atoms with van der Waals surface area (Å²) in [7, 11) is 1.49. The smallest absolute Gasteiger partial charge is 0.295 e. The van der Waals surface area contributed by atoms with Crippen molar-refractivity contribution in [2.24, 2.45) is 7.05 Å². The highest BCUT2D eigenvalue weighted by molar-refractivity contribution is 7.17. The van der Waals surface area contributed by atoms with E-state index in [9.17, 15) is 18.4 Å². The van der Waals surface area contributed by atoms with Gasteiger partial charge in [0.15, 0.2) is 0 Å². The van der Waals surface area contributed by atoms with Crippen LogP contribution in [0.2, 0.25) is 0 Å². The van der Waals surface area contributed by atoms with Crippen molar-refractivity contribution < 1.29 is 8.78 Å². The van der Waals surface area contributed by atoms with Gasteiger partial charge in [0.2, 0.25) is 0 Å². The second kappa shape index (κ2) is 4.38. The zero-order valence-electron chi connectivity index (χ0n) is 10.3. The Morgan fingerprint density at radius 2 is 1.90 bits per heavy atom. The molecule has 3 rings (SSSR count). The highest BCUT2D eigenvalue weighted by Crippen LogP contribution is 2.17. The minimum Gasteiger partial charge on any atom is -0.295 e. The number of benzene rings is 1. The maximum Gasteiger partial charge on any atom is 0.336 e. The highest BCUT2D eigenvalue weighted by Gasteiger charge is 2.16. The maximum absolute atomic E-state index is 13.8. The number of halogens is 2. The van der Waals surface area contributed by atoms with E-state index in [1.165, 1.54) is 23.0 Å². The second-order valence-electron chi connectivity index (χ2n) is 4.21. The number of rotatable bonds is 1. The fraction of sp³-hybridized carbons (Fsp3) is 0.0769. The van der Waals surface area contributed by atoms with Crippen LogP contribution >= 0.6 is 11.3 Å². The normalized spacial score (nSPS) is 11.2. The van der Waals surface area contributed by atoms with Crippen molar-refractivity contribution in [3.63, 3.8) is 0 Å². The van der Waals surface area contributed by atoms with Crippen LogP contribution in [0.4, 0.5) is 8.78 Å². The van der Waals surface area contributed by atoms with Gasteiger partial charge in [-0.25, -0.2) is 18.1 Å². The van der Waals surface area contributed by atoms with Gasteiger partial charge in [0.25, 0.3) is 5.56 Å². The first-order valence-electron chi connectivity index (χ1n) is 5.65. The molecule has 0 bridgehead atoms. The van der Waals surface area contributed by atoms with Crippen molar-refractivity contribution >= 4 is 21.6 Å². The predicted octanol–water partition coefficient (Wildman–Crippen LogP) is 2.03. The zero-order valence-corrected chi connectivity index (χ0v) is 11.1. The van der Waals surface area contributed by atoms with Gasteiger partial charge in [-0.15, -0.1) is 11.3 Å². The minimum absolute atomic E-state index is 0.257. The van der Waals surface area contributed by atoms with E-state index in [1.807, 2.05) is 0 Å². The van der Waals surface area contributed by atoms with E-state index in [0.717, 1.165) is 12.1 Å². The van der Waals surface area contributed by atoms with Gasteiger partial charge < -0.3 is 0 Å². The molecule has 0 fully saturated rings. The van der Waals surface area contributed by atoms with E-state index in [1.54, 1.807) is 11.4 Å². The Morgan fingerprint density at radius 3 is 2.60 bits per heavy atom. The standard InChI is InChI=1S/C13H8F2N2O2S/c1-16-10-4-5-20-11(10)12(18)17(13(16)19)9-3-2-7(14)6-8(9)15/h2-6H,1H3. The molecule has 0 saturated carbocycles. The molecule has 0 unspecified atom stereocenters. The third-order valence-electron chi connectivity index (χ3n) is 3.03. The van der Waals surface area contributed by atoms with Gasteiger partial charge >= 0.3 is 5.69 Å². The van der Waals surface area contributed by atoms with Crippen LogP contribution in [-0.2, 0) is 7.05 Å². The summed E-state index contributed by atoms with van der Waals surface area (Å²) in [5.41, 5.74) is -1.05. The molecule has 0 aliphatic carbocycles. The summed E-state index contributed by atoms with van der Waals surface area (Å²) in [6, 6.07) is 4.36. The van der Waals surface area contributed by atoms with Gasteiger partial charge in [-0.1, -0.05) is 0 Å². The number of hydrogen-bond acceptors (Lipinski definition) is 3. The number of aromatic nitrogens is 2. The van der Waals surface area contributed by atoms with Gasteiger partial charge in [-0.05, 0) is 23.6 Å². The molecule has 3 aromatic rings. The summed E-state index contributed by atoms with van der Waals surface area (Å²) in [5, 5.41) is 1.68. The zero-order chi connectivity index (χ0) is 14.4. The average molecular weight is 294 g/mol. The van der Waals surface area contributed by atoms with Crippen LogP contribution in [0.25, 0.3) is 15.9 Å². The molecule has 0 radical (unpaired) electrons. The highest BCUT2D eigenvalue weighted by atomic mass is 32.1. The fourth-order valence-electron chi connectivity index (χ4n) is 2.04. The van der Waals surface area contributed by atoms with E-state index in [4.69, 9.17) is 0 Å². The molecule has 0 amide bonds. The van der Waals surface area contributed by atoms with Crippen LogP contribution in [0.15, 0.2) is 39.2 Å². The lowest BCUT2D eigenvalue weighted by atomic mass is 10.3. The first-order valence-corrected chi connectivity index (χ1v) is 6.53. The molecule has 0 atom stereocenters. The molecule has 0 aliphatic heterocycles. The summed E-state index contributed by atoms with van der Waals surface area (Å²) in [6.45, 7) is 0. The Balaban J connectivity index is 2.48. The molecule has 2 heterocycles. The minimum atomic E-state index is -0.958. The number of fused-ring (bicyclic) bond motifs is 1. The molecule has 1 aromatic carbocycles. The van der Waals surface area contributed by atoms with Gasteiger partial charge in [0, 0.05) is 13.1 Å². The molecular weight excluding hydrogens is 286 g/mol. The maximum atomic E-state index is 13.8. The van der Waals surface area contributed by atoms with Gasteiger partial charge in [0.1, 0.15) is 16.3 Å². The topological polar surface area (TPSA) is 44.0 Å². The van der Waals surface area contributed by atoms with E-state index in [-0.39, 0.29) is 5.69 Å². The Kier molecular flexibility index (Phi) is 2.79. The first-order chi connectivity index (χ1) is 9.50. The summed E-state index contributed by atoms with van der Waals surface area (Å²) in [4.78, 5) is 24.5. The molecule has 4 nitrogen and oxygen atoms in total. The van der Waals surface area contributed by atoms with E-state index < -0.39 is 22.9 Å². The molecule has 7 heteroatoms. The monoisotopic (exact) mass is 294 g/mol. The third-order valence-corrected chi connectivity index (χ3v) is 3.92. The van der Waals surface area contributed by atoms with Crippen molar-refractivity contribution in [1.82, 2.24) is 9.13 Å². The molecule has 0 saturated heterocycles. The van der Waals surface area contributed by atoms with Crippen molar-refractivity contribution in [3.05, 3.63) is 62.1 Å². The molecule has 0 spiro atoms. The Morgan fingerprint density at radius 1 is 1.15 bits per heavy atom. The summed E-state index contributed by atoms with van der Waals surface area (Å²) in [5.74, 6) is -1.73. The summed E-state index contributed by atoms with van der Waals surface area (Å²) >= 11 is 1.17. The average Bonchev–Trinajstić information content (AvgIpc) is 2.88. The number of nitrogens with zero attached hydrogens (tertiary/aromatic N) is 2. The Hall–Kier alpha value is -2.28. The van der Waals surface area contributed by atoms with Crippen LogP contribution in [0, 0.1) is 11.6 Å². The van der Waals surface area contributed by atoms with Crippen LogP contribution in [-0.4, -0.2) is 9.13 Å². The van der Waals surface area contributed by atoms with E-state index in [0.29, 0.717) is 20.9 Å². The van der Waals surface area contributed by atoms with Gasteiger partial charge in [-0.3, -0.25) is 9.36 Å². The Bertz CT molecular complexity index is 940. The number of hydrogen-bond donors (Lipinski definition) is 0. The lowest BCUT2D eigenvalue weighted by molar-refractivity contribution is 0.573. The van der Waals surface area contributed by atoms with E-state index >= 15 is 0 Å². The lowest BCUT2D eigenvalue weighted by Gasteiger charge is -2.09. The van der Waals surface area contributed by atoms with Crippen LogP contribution in [0.1, 0.15) is 0 Å². The summed E-state index contributed by atoms with van der Waals surface area (Å²) in [6.07, 6.45) is 0. The van der Waals surface area contributed by atoms with Crippen LogP contribution in [0.3, 0.4) is 0 Å². The van der Waals surface area contributed by atoms with Crippen molar-refractivity contribution in [2.45, 2.75) is 0 Å². The molecule has 0 N–H and O–H groups in total. The first kappa shape index (κ1) is 12.7. The fourth-order valence-corrected chi connectivity index (χ4v) is 2.89. The van der Waals surface area contributed by atoms with Crippen molar-refractivity contribution in [1.29, 1.82) is 0 Å². The van der Waals surface area contributed by atoms with Crippen molar-refractivity contribution in [3.8, 4) is 5.69 Å². The number of thiophene rings is 1. The lowest BCUT2D eigenvalue weighted by Crippen LogP contribution is -2.37. The molecule has 2 aromatic heterocycles. The van der Waals surface area contributed by atoms with E-state index in [2.05, 4.69) is 0 Å². The quantitative estimate of drug-likeness (QED) is 0.689. The molecular formula is C13H8F2N2O2S. The van der Waals surface area contributed by atoms with Gasteiger partial charge in [0.05, 0.1) is 11.2 Å². The Labute approximate surface area is 115 Å². The van der Waals surface area contributed by atoms with Gasteiger partial charge in [-0.2, -0.15) is 0 Å². The third kappa shape index (κ3) is 1.70. The molecule has 0 aliphatic rings. The van der Waals surface area contributed by atoms with Crippen LogP contribution < -0.4 is 11.2 Å². The predicted molar refractivity (Wildman–Crippen MR) is 72.6 cm³/mol.